The normalized spacial score (nSPS) is 9.65. The first-order valence-corrected chi connectivity index (χ1v) is 5.11. The van der Waals surface area contributed by atoms with E-state index in [2.05, 4.69) is 16.5 Å². The largest absolute Gasteiger partial charge is 0.269 e. The number of amides is 1. The van der Waals surface area contributed by atoms with Crippen LogP contribution in [0.1, 0.15) is 0 Å². The Bertz CT molecular complexity index is 471. The molecule has 4 nitrogen and oxygen atoms in total. The van der Waals surface area contributed by atoms with Gasteiger partial charge in [0.05, 0.1) is 0 Å². The molecule has 17 heavy (non-hydrogen) atoms. The maximum absolute atomic E-state index is 11.8. The van der Waals surface area contributed by atoms with E-state index < -0.39 is 0 Å². The maximum Gasteiger partial charge on any atom is 0.257 e. The first kappa shape index (κ1) is 11.0. The summed E-state index contributed by atoms with van der Waals surface area (Å²) in [7, 11) is 0. The van der Waals surface area contributed by atoms with E-state index in [-0.39, 0.29) is 5.91 Å². The lowest BCUT2D eigenvalue weighted by atomic mass is 10.3. The van der Waals surface area contributed by atoms with Crippen molar-refractivity contribution in [3.05, 3.63) is 61.4 Å². The topological polar surface area (TPSA) is 46.1 Å². The molecular weight excluding hydrogens is 214 g/mol. The van der Waals surface area contributed by atoms with Crippen LogP contribution in [-0.2, 0) is 4.79 Å². The van der Waals surface area contributed by atoms with Gasteiger partial charge in [-0.3, -0.25) is 4.79 Å². The van der Waals surface area contributed by atoms with Gasteiger partial charge in [-0.1, -0.05) is 18.7 Å². The summed E-state index contributed by atoms with van der Waals surface area (Å²) in [6.45, 7) is 3.49. The summed E-state index contributed by atoms with van der Waals surface area (Å²) in [5.41, 5.74) is 0. The summed E-state index contributed by atoms with van der Waals surface area (Å²) in [5.74, 6) is 0.787. The Balaban J connectivity index is 2.47. The van der Waals surface area contributed by atoms with Gasteiger partial charge in [0.2, 0.25) is 0 Å². The van der Waals surface area contributed by atoms with Gasteiger partial charge >= 0.3 is 0 Å². The van der Waals surface area contributed by atoms with E-state index in [4.69, 9.17) is 0 Å². The number of aromatic nitrogens is 2. The minimum atomic E-state index is -0.262. The molecular formula is C13H11N3O. The molecule has 2 aromatic heterocycles. The molecule has 0 aromatic carbocycles. The SMILES string of the molecule is C=CC(=O)N(c1ccccn1)c1ccccn1. The lowest BCUT2D eigenvalue weighted by molar-refractivity contribution is -0.113. The number of hydrogen-bond acceptors (Lipinski definition) is 3. The second kappa shape index (κ2) is 5.03. The molecule has 0 aliphatic heterocycles. The van der Waals surface area contributed by atoms with E-state index in [0.717, 1.165) is 0 Å². The molecule has 2 aromatic rings. The predicted molar refractivity (Wildman–Crippen MR) is 65.8 cm³/mol. The van der Waals surface area contributed by atoms with Gasteiger partial charge in [-0.25, -0.2) is 14.9 Å². The summed E-state index contributed by atoms with van der Waals surface area (Å²) in [5, 5.41) is 0. The van der Waals surface area contributed by atoms with Crippen molar-refractivity contribution in [3.8, 4) is 0 Å². The minimum Gasteiger partial charge on any atom is -0.269 e. The third-order valence-corrected chi connectivity index (χ3v) is 2.15. The van der Waals surface area contributed by atoms with Crippen LogP contribution < -0.4 is 4.90 Å². The summed E-state index contributed by atoms with van der Waals surface area (Å²) >= 11 is 0. The zero-order valence-corrected chi connectivity index (χ0v) is 9.15. The van der Waals surface area contributed by atoms with Crippen molar-refractivity contribution in [2.24, 2.45) is 0 Å². The number of hydrogen-bond donors (Lipinski definition) is 0. The second-order valence-corrected chi connectivity index (χ2v) is 3.25. The van der Waals surface area contributed by atoms with Crippen LogP contribution in [0.25, 0.3) is 0 Å². The van der Waals surface area contributed by atoms with E-state index >= 15 is 0 Å². The fourth-order valence-corrected chi connectivity index (χ4v) is 1.41. The molecule has 0 aliphatic carbocycles. The minimum absolute atomic E-state index is 0.262. The van der Waals surface area contributed by atoms with Gasteiger partial charge in [0.1, 0.15) is 11.6 Å². The van der Waals surface area contributed by atoms with E-state index in [1.807, 2.05) is 12.1 Å². The van der Waals surface area contributed by atoms with Gasteiger partial charge in [0.25, 0.3) is 5.91 Å². The van der Waals surface area contributed by atoms with Gasteiger partial charge in [-0.2, -0.15) is 0 Å². The van der Waals surface area contributed by atoms with Crippen LogP contribution >= 0.6 is 0 Å². The summed E-state index contributed by atoms with van der Waals surface area (Å²) < 4.78 is 0. The standard InChI is InChI=1S/C13H11N3O/c1-2-13(17)16(11-7-3-5-9-14-11)12-8-4-6-10-15-12/h2-10H,1H2. The van der Waals surface area contributed by atoms with Crippen molar-refractivity contribution in [1.82, 2.24) is 9.97 Å². The van der Waals surface area contributed by atoms with Gasteiger partial charge in [-0.15, -0.1) is 0 Å². The molecule has 2 rings (SSSR count). The smallest absolute Gasteiger partial charge is 0.257 e. The molecule has 0 unspecified atom stereocenters. The third kappa shape index (κ3) is 2.36. The number of rotatable bonds is 3. The fourth-order valence-electron chi connectivity index (χ4n) is 1.41. The lowest BCUT2D eigenvalue weighted by Crippen LogP contribution is -2.25. The zero-order valence-electron chi connectivity index (χ0n) is 9.15. The van der Waals surface area contributed by atoms with E-state index in [9.17, 15) is 4.79 Å². The molecule has 0 atom stereocenters. The molecule has 0 radical (unpaired) electrons. The van der Waals surface area contributed by atoms with Crippen molar-refractivity contribution in [2.75, 3.05) is 4.90 Å². The van der Waals surface area contributed by atoms with Crippen LogP contribution in [0.5, 0.6) is 0 Å². The summed E-state index contributed by atoms with van der Waals surface area (Å²) in [6, 6.07) is 10.7. The number of nitrogens with zero attached hydrogens (tertiary/aromatic N) is 3. The first-order valence-electron chi connectivity index (χ1n) is 5.11. The van der Waals surface area contributed by atoms with Gasteiger partial charge in [0, 0.05) is 12.4 Å². The van der Waals surface area contributed by atoms with Crippen LogP contribution in [0, 0.1) is 0 Å². The Morgan fingerprint density at radius 2 is 1.59 bits per heavy atom. The van der Waals surface area contributed by atoms with Crippen molar-refractivity contribution < 1.29 is 4.79 Å². The van der Waals surface area contributed by atoms with Crippen LogP contribution in [0.3, 0.4) is 0 Å². The summed E-state index contributed by atoms with van der Waals surface area (Å²) in [6.07, 6.45) is 4.49. The molecule has 0 saturated carbocycles. The fraction of sp³-hybridized carbons (Fsp3) is 0. The Kier molecular flexibility index (Phi) is 3.25. The van der Waals surface area contributed by atoms with Crippen molar-refractivity contribution in [1.29, 1.82) is 0 Å². The third-order valence-electron chi connectivity index (χ3n) is 2.15. The molecule has 84 valence electrons. The number of carbonyl (C=O) groups is 1. The first-order chi connectivity index (χ1) is 8.33. The molecule has 0 saturated heterocycles. The van der Waals surface area contributed by atoms with Crippen LogP contribution in [0.4, 0.5) is 11.6 Å². The average Bonchev–Trinajstić information content (AvgIpc) is 2.41. The van der Waals surface area contributed by atoms with Crippen LogP contribution in [0.15, 0.2) is 61.4 Å². The van der Waals surface area contributed by atoms with Crippen molar-refractivity contribution >= 4 is 17.5 Å². The lowest BCUT2D eigenvalue weighted by Gasteiger charge is -2.18. The molecule has 0 spiro atoms. The molecule has 0 bridgehead atoms. The van der Waals surface area contributed by atoms with E-state index in [1.54, 1.807) is 36.7 Å². The monoisotopic (exact) mass is 225 g/mol. The quantitative estimate of drug-likeness (QED) is 0.753. The second-order valence-electron chi connectivity index (χ2n) is 3.25. The van der Waals surface area contributed by atoms with Crippen molar-refractivity contribution in [3.63, 3.8) is 0 Å². The highest BCUT2D eigenvalue weighted by atomic mass is 16.2. The van der Waals surface area contributed by atoms with Gasteiger partial charge in [-0.05, 0) is 30.3 Å². The number of anilines is 2. The Morgan fingerprint density at radius 3 is 1.94 bits per heavy atom. The highest BCUT2D eigenvalue weighted by Crippen LogP contribution is 2.20. The molecule has 0 N–H and O–H groups in total. The maximum atomic E-state index is 11.8. The number of pyridine rings is 2. The highest BCUT2D eigenvalue weighted by Gasteiger charge is 2.16. The predicted octanol–water partition coefficient (Wildman–Crippen LogP) is 2.33. The zero-order chi connectivity index (χ0) is 12.1. The van der Waals surface area contributed by atoms with E-state index in [1.165, 1.54) is 11.0 Å². The Morgan fingerprint density at radius 1 is 1.06 bits per heavy atom. The van der Waals surface area contributed by atoms with Crippen LogP contribution in [-0.4, -0.2) is 15.9 Å². The van der Waals surface area contributed by atoms with E-state index in [0.29, 0.717) is 11.6 Å². The molecule has 2 heterocycles. The summed E-state index contributed by atoms with van der Waals surface area (Å²) in [4.78, 5) is 21.5. The number of carbonyl (C=O) groups excluding carboxylic acids is 1. The molecule has 0 aliphatic rings. The molecule has 1 amide bonds. The molecule has 0 fully saturated rings. The van der Waals surface area contributed by atoms with Gasteiger partial charge in [0.15, 0.2) is 0 Å². The average molecular weight is 225 g/mol. The van der Waals surface area contributed by atoms with Crippen LogP contribution in [0.2, 0.25) is 0 Å². The van der Waals surface area contributed by atoms with Gasteiger partial charge < -0.3 is 0 Å². The Labute approximate surface area is 99.3 Å². The molecule has 4 heteroatoms. The Hall–Kier alpha value is -2.49. The highest BCUT2D eigenvalue weighted by molar-refractivity contribution is 6.05. The van der Waals surface area contributed by atoms with Crippen molar-refractivity contribution in [2.45, 2.75) is 0 Å².